The first kappa shape index (κ1) is 37.4. The molecular formula is H3CeClIrRuSn. The van der Waals surface area contributed by atoms with Crippen LogP contribution in [0.2, 0.25) is 0 Å². The summed E-state index contributed by atoms with van der Waals surface area (Å²) in [7, 11) is 0. The van der Waals surface area contributed by atoms with Gasteiger partial charge in [-0.15, -0.1) is 12.4 Å². The molecule has 5 heavy (non-hydrogen) atoms. The molecular weight excluding hydrogens is 588 g/mol. The Morgan fingerprint density at radius 1 is 1.00 bits per heavy atom. The van der Waals surface area contributed by atoms with Crippen molar-refractivity contribution in [1.29, 1.82) is 0 Å². The van der Waals surface area contributed by atoms with Gasteiger partial charge >= 0.3 is 23.9 Å². The van der Waals surface area contributed by atoms with Gasteiger partial charge in [-0.1, -0.05) is 0 Å². The average Bonchev–Trinajstić information content (AvgIpc) is 0. The van der Waals surface area contributed by atoms with Crippen LogP contribution in [0.25, 0.3) is 0 Å². The van der Waals surface area contributed by atoms with Crippen LogP contribution >= 0.6 is 12.4 Å². The zero-order valence-electron chi connectivity index (χ0n) is 2.30. The molecule has 3 radical (unpaired) electrons. The molecule has 0 aliphatic heterocycles. The van der Waals surface area contributed by atoms with Crippen molar-refractivity contribution in [1.82, 2.24) is 0 Å². The third-order valence-electron chi connectivity index (χ3n) is 0. The van der Waals surface area contributed by atoms with Gasteiger partial charge in [0, 0.05) is 81.3 Å². The molecule has 0 N–H and O–H groups in total. The van der Waals surface area contributed by atoms with Gasteiger partial charge in [-0.25, -0.2) is 0 Å². The van der Waals surface area contributed by atoms with Crippen LogP contribution in [0.4, 0.5) is 0 Å². The van der Waals surface area contributed by atoms with Crippen molar-refractivity contribution in [3.8, 4) is 0 Å². The predicted molar refractivity (Wildman–Crippen MR) is 15.8 cm³/mol. The van der Waals surface area contributed by atoms with E-state index >= 15 is 0 Å². The van der Waals surface area contributed by atoms with Gasteiger partial charge in [-0.2, -0.15) is 0 Å². The standard InChI is InChI=1S/Ce.ClH.Ir.Ru.Sn.2H/h;1H;;;;;. The van der Waals surface area contributed by atoms with Gasteiger partial charge in [-0.05, 0) is 0 Å². The fourth-order valence-electron chi connectivity index (χ4n) is 0. The summed E-state index contributed by atoms with van der Waals surface area (Å²) in [4.78, 5) is 0. The molecule has 0 aromatic carbocycles. The molecule has 0 saturated heterocycles. The average molecular weight is 591 g/mol. The van der Waals surface area contributed by atoms with Crippen molar-refractivity contribution >= 4 is 36.3 Å². The van der Waals surface area contributed by atoms with Gasteiger partial charge < -0.3 is 0 Å². The van der Waals surface area contributed by atoms with Crippen molar-refractivity contribution < 1.29 is 81.3 Å². The van der Waals surface area contributed by atoms with Crippen molar-refractivity contribution in [2.24, 2.45) is 0 Å². The van der Waals surface area contributed by atoms with Gasteiger partial charge in [0.05, 0.1) is 0 Å². The Balaban J connectivity index is 0. The van der Waals surface area contributed by atoms with Gasteiger partial charge in [0.2, 0.25) is 0 Å². The fourth-order valence-corrected chi connectivity index (χ4v) is 0. The maximum atomic E-state index is 0. The predicted octanol–water partition coefficient (Wildman–Crippen LogP) is -0.499. The van der Waals surface area contributed by atoms with Crippen molar-refractivity contribution in [2.75, 3.05) is 0 Å². The van der Waals surface area contributed by atoms with Crippen LogP contribution in [0.5, 0.6) is 0 Å². The Morgan fingerprint density at radius 2 is 1.00 bits per heavy atom. The minimum atomic E-state index is 0. The van der Waals surface area contributed by atoms with Crippen LogP contribution < -0.4 is 0 Å². The molecule has 0 saturated carbocycles. The molecule has 0 aromatic rings. The summed E-state index contributed by atoms with van der Waals surface area (Å²) in [6, 6.07) is 0. The molecule has 0 nitrogen and oxygen atoms in total. The molecule has 0 aliphatic rings. The van der Waals surface area contributed by atoms with Gasteiger partial charge in [0.25, 0.3) is 0 Å². The zero-order valence-corrected chi connectivity index (χ0v) is 14.4. The second-order valence-corrected chi connectivity index (χ2v) is 0. The van der Waals surface area contributed by atoms with Crippen LogP contribution in [0.15, 0.2) is 0 Å². The molecule has 5 heteroatoms. The third kappa shape index (κ3) is 18.2. The molecule has 0 atom stereocenters. The van der Waals surface area contributed by atoms with Crippen LogP contribution in [0, 0.1) is 41.7 Å². The molecule has 0 unspecified atom stereocenters. The quantitative estimate of drug-likeness (QED) is 0.334. The van der Waals surface area contributed by atoms with E-state index in [1.54, 1.807) is 0 Å². The maximum absolute atomic E-state index is 0. The first-order valence-corrected chi connectivity index (χ1v) is 0. The van der Waals surface area contributed by atoms with E-state index in [4.69, 9.17) is 0 Å². The summed E-state index contributed by atoms with van der Waals surface area (Å²) in [6.07, 6.45) is 0. The van der Waals surface area contributed by atoms with E-state index in [1.807, 2.05) is 0 Å². The van der Waals surface area contributed by atoms with Crippen molar-refractivity contribution in [3.63, 3.8) is 0 Å². The number of rotatable bonds is 0. The van der Waals surface area contributed by atoms with E-state index in [2.05, 4.69) is 0 Å². The van der Waals surface area contributed by atoms with Crippen LogP contribution in [0.1, 0.15) is 0 Å². The zero-order chi connectivity index (χ0) is 0. The molecule has 0 fully saturated rings. The van der Waals surface area contributed by atoms with Gasteiger partial charge in [0.1, 0.15) is 0 Å². The molecule has 0 aromatic heterocycles. The van der Waals surface area contributed by atoms with E-state index in [0.29, 0.717) is 0 Å². The van der Waals surface area contributed by atoms with Gasteiger partial charge in [-0.3, -0.25) is 0 Å². The summed E-state index contributed by atoms with van der Waals surface area (Å²) >= 11 is 0. The summed E-state index contributed by atoms with van der Waals surface area (Å²) in [5, 5.41) is 0. The van der Waals surface area contributed by atoms with E-state index in [0.717, 1.165) is 0 Å². The Kier molecular flexibility index (Phi) is 188. The first-order chi connectivity index (χ1) is 0. The Hall–Kier alpha value is 3.74. The molecule has 0 heterocycles. The number of halogens is 1. The Bertz CT molecular complexity index is 11.6. The van der Waals surface area contributed by atoms with E-state index in [1.165, 1.54) is 0 Å². The molecule has 0 amide bonds. The van der Waals surface area contributed by atoms with E-state index in [9.17, 15) is 0 Å². The second kappa shape index (κ2) is 25.1. The van der Waals surface area contributed by atoms with Gasteiger partial charge in [0.15, 0.2) is 0 Å². The fraction of sp³-hybridized carbons (Fsp3) is 0. The van der Waals surface area contributed by atoms with E-state index < -0.39 is 0 Å². The van der Waals surface area contributed by atoms with E-state index in [-0.39, 0.29) is 118 Å². The Morgan fingerprint density at radius 3 is 1.00 bits per heavy atom. The third-order valence-corrected chi connectivity index (χ3v) is 0. The summed E-state index contributed by atoms with van der Waals surface area (Å²) in [6.45, 7) is 0. The monoisotopic (exact) mass is 593 g/mol. The molecule has 0 bridgehead atoms. The van der Waals surface area contributed by atoms with Crippen molar-refractivity contribution in [3.05, 3.63) is 0 Å². The first-order valence-electron chi connectivity index (χ1n) is 0. The normalized spacial score (nSPS) is 0. The molecule has 35 valence electrons. The molecule has 0 aliphatic carbocycles. The van der Waals surface area contributed by atoms with Crippen LogP contribution in [-0.2, 0) is 39.6 Å². The molecule has 0 spiro atoms. The van der Waals surface area contributed by atoms with Crippen LogP contribution in [-0.4, -0.2) is 23.9 Å². The molecule has 0 rings (SSSR count). The Labute approximate surface area is 115 Å². The van der Waals surface area contributed by atoms with Crippen LogP contribution in [0.3, 0.4) is 0 Å². The number of hydrogen-bond acceptors (Lipinski definition) is 0. The van der Waals surface area contributed by atoms with Crippen molar-refractivity contribution in [2.45, 2.75) is 0 Å². The number of hydrogen-bond donors (Lipinski definition) is 0. The summed E-state index contributed by atoms with van der Waals surface area (Å²) < 4.78 is 0. The summed E-state index contributed by atoms with van der Waals surface area (Å²) in [5.74, 6) is 0. The second-order valence-electron chi connectivity index (χ2n) is 0. The SMILES string of the molecule is Cl.[Ce].[Ir].[Ru].[SnH2]. The topological polar surface area (TPSA) is 0 Å². The minimum absolute atomic E-state index is 0. The summed E-state index contributed by atoms with van der Waals surface area (Å²) in [5.41, 5.74) is 0.